The van der Waals surface area contributed by atoms with Crippen LogP contribution in [0.3, 0.4) is 0 Å². The Kier molecular flexibility index (Phi) is 8.55. The van der Waals surface area contributed by atoms with Crippen molar-refractivity contribution >= 4 is 28.6 Å². The van der Waals surface area contributed by atoms with Crippen molar-refractivity contribution in [3.8, 4) is 0 Å². The lowest BCUT2D eigenvalue weighted by molar-refractivity contribution is -0.119. The minimum Gasteiger partial charge on any atom is -0.385 e. The van der Waals surface area contributed by atoms with Crippen molar-refractivity contribution in [3.63, 3.8) is 0 Å². The number of methoxy groups -OCH3 is 1. The summed E-state index contributed by atoms with van der Waals surface area (Å²) in [5.41, 5.74) is 0.609. The fourth-order valence-electron chi connectivity index (χ4n) is 3.82. The van der Waals surface area contributed by atoms with Crippen LogP contribution in [0.1, 0.15) is 51.4 Å². The maximum atomic E-state index is 12.9. The second-order valence-corrected chi connectivity index (χ2v) is 8.56. The first-order valence-corrected chi connectivity index (χ1v) is 11.6. The lowest BCUT2D eigenvalue weighted by Gasteiger charge is -2.21. The van der Waals surface area contributed by atoms with Gasteiger partial charge in [0, 0.05) is 26.3 Å². The molecule has 0 unspecified atom stereocenters. The number of carbonyl (C=O) groups excluding carboxylic acids is 1. The number of hydrogen-bond donors (Lipinski definition) is 1. The van der Waals surface area contributed by atoms with Gasteiger partial charge in [-0.2, -0.15) is 0 Å². The molecule has 1 aromatic carbocycles. The third-order valence-electron chi connectivity index (χ3n) is 5.36. The third-order valence-corrected chi connectivity index (χ3v) is 6.34. The molecule has 1 aliphatic carbocycles. The van der Waals surface area contributed by atoms with E-state index in [1.54, 1.807) is 17.7 Å². The molecule has 1 aliphatic rings. The minimum absolute atomic E-state index is 0.0198. The smallest absolute Gasteiger partial charge is 0.262 e. The van der Waals surface area contributed by atoms with Crippen molar-refractivity contribution < 1.29 is 9.53 Å². The molecule has 0 aliphatic heterocycles. The summed E-state index contributed by atoms with van der Waals surface area (Å²) in [6.07, 6.45) is 9.04. The molecule has 1 saturated carbocycles. The molecule has 1 amide bonds. The van der Waals surface area contributed by atoms with E-state index in [4.69, 9.17) is 4.74 Å². The highest BCUT2D eigenvalue weighted by atomic mass is 32.2. The van der Waals surface area contributed by atoms with E-state index in [9.17, 15) is 9.59 Å². The van der Waals surface area contributed by atoms with Crippen molar-refractivity contribution in [2.75, 3.05) is 19.5 Å². The second-order valence-electron chi connectivity index (χ2n) is 7.61. The summed E-state index contributed by atoms with van der Waals surface area (Å²) in [4.78, 5) is 30.1. The summed E-state index contributed by atoms with van der Waals surface area (Å²) in [5.74, 6) is 0.289. The minimum atomic E-state index is -0.0605. The van der Waals surface area contributed by atoms with Gasteiger partial charge in [-0.3, -0.25) is 14.2 Å². The molecule has 0 bridgehead atoms. The average Bonchev–Trinajstić information content (AvgIpc) is 2.70. The van der Waals surface area contributed by atoms with Crippen LogP contribution >= 0.6 is 11.8 Å². The zero-order chi connectivity index (χ0) is 20.5. The van der Waals surface area contributed by atoms with Gasteiger partial charge in [0.2, 0.25) is 5.91 Å². The molecule has 2 aromatic rings. The Bertz CT molecular complexity index is 860. The summed E-state index contributed by atoms with van der Waals surface area (Å²) in [6, 6.07) is 7.64. The van der Waals surface area contributed by atoms with E-state index in [0.717, 1.165) is 19.3 Å². The van der Waals surface area contributed by atoms with Gasteiger partial charge < -0.3 is 10.1 Å². The molecule has 0 saturated heterocycles. The molecule has 1 aromatic heterocycles. The topological polar surface area (TPSA) is 73.2 Å². The maximum absolute atomic E-state index is 12.9. The largest absolute Gasteiger partial charge is 0.385 e. The number of para-hydroxylation sites is 1. The van der Waals surface area contributed by atoms with Crippen LogP contribution in [-0.4, -0.2) is 41.0 Å². The highest BCUT2D eigenvalue weighted by Crippen LogP contribution is 2.20. The van der Waals surface area contributed by atoms with Crippen LogP contribution < -0.4 is 10.9 Å². The zero-order valence-corrected chi connectivity index (χ0v) is 18.0. The van der Waals surface area contributed by atoms with Crippen LogP contribution in [0.25, 0.3) is 10.9 Å². The van der Waals surface area contributed by atoms with Crippen LogP contribution in [0.4, 0.5) is 0 Å². The molecule has 1 heterocycles. The summed E-state index contributed by atoms with van der Waals surface area (Å²) in [7, 11) is 1.65. The average molecular weight is 418 g/mol. The van der Waals surface area contributed by atoms with Crippen molar-refractivity contribution in [2.45, 2.75) is 69.1 Å². The van der Waals surface area contributed by atoms with Crippen LogP contribution in [0.15, 0.2) is 34.2 Å². The van der Waals surface area contributed by atoms with Gasteiger partial charge in [-0.05, 0) is 31.4 Å². The van der Waals surface area contributed by atoms with Gasteiger partial charge in [0.05, 0.1) is 16.7 Å². The summed E-state index contributed by atoms with van der Waals surface area (Å²) < 4.78 is 6.80. The molecule has 158 valence electrons. The molecule has 3 rings (SSSR count). The number of nitrogens with zero attached hydrogens (tertiary/aromatic N) is 2. The van der Waals surface area contributed by atoms with E-state index in [1.807, 2.05) is 18.2 Å². The van der Waals surface area contributed by atoms with Gasteiger partial charge in [0.1, 0.15) is 0 Å². The molecule has 0 radical (unpaired) electrons. The molecule has 0 spiro atoms. The normalized spacial score (nSPS) is 15.8. The van der Waals surface area contributed by atoms with Crippen LogP contribution in [0.5, 0.6) is 0 Å². The van der Waals surface area contributed by atoms with Gasteiger partial charge in [-0.25, -0.2) is 4.98 Å². The predicted molar refractivity (Wildman–Crippen MR) is 117 cm³/mol. The Hall–Kier alpha value is -1.86. The van der Waals surface area contributed by atoms with Gasteiger partial charge in [0.25, 0.3) is 5.56 Å². The molecular formula is C22H31N3O3S. The van der Waals surface area contributed by atoms with E-state index >= 15 is 0 Å². The van der Waals surface area contributed by atoms with Crippen molar-refractivity contribution in [1.29, 1.82) is 0 Å². The second kappa shape index (κ2) is 11.4. The lowest BCUT2D eigenvalue weighted by atomic mass is 9.97. The Morgan fingerprint density at radius 2 is 1.93 bits per heavy atom. The maximum Gasteiger partial charge on any atom is 0.262 e. The van der Waals surface area contributed by atoms with E-state index < -0.39 is 0 Å². The number of rotatable bonds is 8. The van der Waals surface area contributed by atoms with Gasteiger partial charge >= 0.3 is 0 Å². The fourth-order valence-corrected chi connectivity index (χ4v) is 4.66. The summed E-state index contributed by atoms with van der Waals surface area (Å²) in [6.45, 7) is 1.10. The number of thioether (sulfide) groups is 1. The number of fused-ring (bicyclic) bond motifs is 1. The Labute approximate surface area is 176 Å². The highest BCUT2D eigenvalue weighted by molar-refractivity contribution is 7.99. The van der Waals surface area contributed by atoms with Gasteiger partial charge in [-0.1, -0.05) is 56.0 Å². The number of ether oxygens (including phenoxy) is 1. The quantitative estimate of drug-likeness (QED) is 0.402. The van der Waals surface area contributed by atoms with E-state index in [-0.39, 0.29) is 23.3 Å². The molecule has 0 atom stereocenters. The number of carbonyl (C=O) groups is 1. The van der Waals surface area contributed by atoms with Crippen molar-refractivity contribution in [3.05, 3.63) is 34.6 Å². The van der Waals surface area contributed by atoms with Crippen molar-refractivity contribution in [1.82, 2.24) is 14.9 Å². The number of benzene rings is 1. The van der Waals surface area contributed by atoms with Gasteiger partial charge in [-0.15, -0.1) is 0 Å². The Morgan fingerprint density at radius 3 is 2.69 bits per heavy atom. The fraction of sp³-hybridized carbons (Fsp3) is 0.591. The van der Waals surface area contributed by atoms with Crippen molar-refractivity contribution in [2.24, 2.45) is 0 Å². The molecular weight excluding hydrogens is 386 g/mol. The summed E-state index contributed by atoms with van der Waals surface area (Å²) >= 11 is 1.34. The molecule has 29 heavy (non-hydrogen) atoms. The first-order valence-electron chi connectivity index (χ1n) is 10.6. The van der Waals surface area contributed by atoms with Gasteiger partial charge in [0.15, 0.2) is 5.16 Å². The molecule has 1 N–H and O–H groups in total. The number of nitrogens with one attached hydrogen (secondary N) is 1. The Balaban J connectivity index is 1.69. The number of amides is 1. The summed E-state index contributed by atoms with van der Waals surface area (Å²) in [5, 5.41) is 4.39. The zero-order valence-electron chi connectivity index (χ0n) is 17.2. The standard InChI is InChI=1S/C22H31N3O3S/c1-28-15-9-14-25-21(27)18-12-7-8-13-19(18)24-22(25)29-16-20(26)23-17-10-5-3-2-4-6-11-17/h7-8,12-13,17H,2-6,9-11,14-16H2,1H3,(H,23,26). The molecule has 1 fully saturated rings. The lowest BCUT2D eigenvalue weighted by Crippen LogP contribution is -2.36. The number of aromatic nitrogens is 2. The van der Waals surface area contributed by atoms with Crippen LogP contribution in [-0.2, 0) is 16.1 Å². The first kappa shape index (κ1) is 21.8. The van der Waals surface area contributed by atoms with E-state index in [0.29, 0.717) is 29.2 Å². The van der Waals surface area contributed by atoms with E-state index in [1.165, 1.54) is 43.9 Å². The first-order chi connectivity index (χ1) is 14.2. The number of hydrogen-bond acceptors (Lipinski definition) is 5. The third kappa shape index (κ3) is 6.31. The Morgan fingerprint density at radius 1 is 1.21 bits per heavy atom. The SMILES string of the molecule is COCCCn1c(SCC(=O)NC2CCCCCCC2)nc2ccccc2c1=O. The predicted octanol–water partition coefficient (Wildman–Crippen LogP) is 3.75. The van der Waals surface area contributed by atoms with E-state index in [2.05, 4.69) is 10.3 Å². The highest BCUT2D eigenvalue weighted by Gasteiger charge is 2.16. The molecule has 7 heteroatoms. The molecule has 6 nitrogen and oxygen atoms in total. The monoisotopic (exact) mass is 417 g/mol. The van der Waals surface area contributed by atoms with Crippen LogP contribution in [0, 0.1) is 0 Å². The van der Waals surface area contributed by atoms with Crippen LogP contribution in [0.2, 0.25) is 0 Å².